The Kier molecular flexibility index (Phi) is 6.14. The zero-order valence-electron chi connectivity index (χ0n) is 19.0. The summed E-state index contributed by atoms with van der Waals surface area (Å²) < 4.78 is 13.1. The van der Waals surface area contributed by atoms with E-state index in [2.05, 4.69) is 21.4 Å². The summed E-state index contributed by atoms with van der Waals surface area (Å²) in [6, 6.07) is 17.8. The third kappa shape index (κ3) is 4.20. The van der Waals surface area contributed by atoms with Gasteiger partial charge in [-0.05, 0) is 43.2 Å². The number of anilines is 2. The highest BCUT2D eigenvalue weighted by Crippen LogP contribution is 2.37. The summed E-state index contributed by atoms with van der Waals surface area (Å²) in [7, 11) is 1.64. The van der Waals surface area contributed by atoms with E-state index in [-0.39, 0.29) is 11.1 Å². The Labute approximate surface area is 197 Å². The molecule has 2 aromatic carbocycles. The first kappa shape index (κ1) is 21.9. The fourth-order valence-corrected chi connectivity index (χ4v) is 4.73. The molecule has 2 fully saturated rings. The van der Waals surface area contributed by atoms with Crippen molar-refractivity contribution in [2.24, 2.45) is 0 Å². The van der Waals surface area contributed by atoms with E-state index < -0.39 is 0 Å². The molecule has 5 rings (SSSR count). The van der Waals surface area contributed by atoms with Crippen molar-refractivity contribution in [2.45, 2.75) is 24.9 Å². The molecule has 0 spiro atoms. The highest BCUT2D eigenvalue weighted by atomic mass is 16.5. The molecule has 3 heterocycles. The summed E-state index contributed by atoms with van der Waals surface area (Å²) in [5, 5.41) is 15.4. The van der Waals surface area contributed by atoms with Crippen molar-refractivity contribution in [3.63, 3.8) is 0 Å². The Morgan fingerprint density at radius 2 is 1.91 bits per heavy atom. The first-order chi connectivity index (χ1) is 16.7. The minimum absolute atomic E-state index is 0.215. The van der Waals surface area contributed by atoms with Crippen LogP contribution in [0.4, 0.5) is 11.4 Å². The number of benzene rings is 2. The van der Waals surface area contributed by atoms with Gasteiger partial charge in [-0.15, -0.1) is 0 Å². The molecule has 174 valence electrons. The van der Waals surface area contributed by atoms with Crippen molar-refractivity contribution in [3.8, 4) is 11.4 Å². The van der Waals surface area contributed by atoms with Gasteiger partial charge in [0.2, 0.25) is 5.43 Å². The minimum atomic E-state index is -0.242. The normalized spacial score (nSPS) is 19.7. The van der Waals surface area contributed by atoms with Crippen molar-refractivity contribution in [2.75, 3.05) is 30.5 Å². The van der Waals surface area contributed by atoms with Gasteiger partial charge in [0.1, 0.15) is 11.4 Å². The van der Waals surface area contributed by atoms with Gasteiger partial charge in [0.25, 0.3) is 0 Å². The highest BCUT2D eigenvalue weighted by Gasteiger charge is 2.37. The van der Waals surface area contributed by atoms with Crippen LogP contribution in [0.5, 0.6) is 5.75 Å². The van der Waals surface area contributed by atoms with Crippen LogP contribution in [-0.4, -0.2) is 48.4 Å². The lowest BCUT2D eigenvalue weighted by Gasteiger charge is -2.36. The summed E-state index contributed by atoms with van der Waals surface area (Å²) in [5.41, 5.74) is 3.05. The molecule has 0 amide bonds. The zero-order chi connectivity index (χ0) is 23.5. The van der Waals surface area contributed by atoms with Gasteiger partial charge >= 0.3 is 0 Å². The SMILES string of the molecule is COc1cc(N2C3CCC2COC3)ccc1-n1ccc(=O)c(/C(=C/C=N)Nc2ccccc2)n1. The number of ether oxygens (including phenoxy) is 2. The zero-order valence-corrected chi connectivity index (χ0v) is 19.0. The molecule has 0 aliphatic carbocycles. The van der Waals surface area contributed by atoms with Crippen LogP contribution in [0.1, 0.15) is 18.5 Å². The fraction of sp³-hybridized carbons (Fsp3) is 0.269. The van der Waals surface area contributed by atoms with Crippen molar-refractivity contribution < 1.29 is 9.47 Å². The molecule has 0 saturated carbocycles. The molecule has 3 aromatic rings. The molecule has 2 bridgehead atoms. The maximum absolute atomic E-state index is 12.7. The van der Waals surface area contributed by atoms with E-state index in [4.69, 9.17) is 14.9 Å². The molecular weight excluding hydrogens is 430 g/mol. The largest absolute Gasteiger partial charge is 0.494 e. The van der Waals surface area contributed by atoms with Gasteiger partial charge in [-0.25, -0.2) is 4.68 Å². The van der Waals surface area contributed by atoms with Crippen LogP contribution in [0.3, 0.4) is 0 Å². The van der Waals surface area contributed by atoms with Crippen LogP contribution in [-0.2, 0) is 4.74 Å². The number of rotatable bonds is 7. The number of nitrogens with zero attached hydrogens (tertiary/aromatic N) is 3. The molecule has 2 atom stereocenters. The van der Waals surface area contributed by atoms with Crippen LogP contribution in [0, 0.1) is 5.41 Å². The highest BCUT2D eigenvalue weighted by molar-refractivity contribution is 5.86. The van der Waals surface area contributed by atoms with E-state index in [1.165, 1.54) is 12.1 Å². The number of nitrogens with one attached hydrogen (secondary N) is 2. The molecule has 8 heteroatoms. The number of hydrogen-bond donors (Lipinski definition) is 2. The number of para-hydroxylation sites is 1. The third-order valence-corrected chi connectivity index (χ3v) is 6.31. The van der Waals surface area contributed by atoms with Gasteiger partial charge in [-0.2, -0.15) is 5.10 Å². The van der Waals surface area contributed by atoms with E-state index in [0.717, 1.165) is 49.3 Å². The predicted molar refractivity (Wildman–Crippen MR) is 133 cm³/mol. The number of allylic oxidation sites excluding steroid dienone is 1. The van der Waals surface area contributed by atoms with Crippen LogP contribution in [0.25, 0.3) is 11.4 Å². The second-order valence-corrected chi connectivity index (χ2v) is 8.40. The van der Waals surface area contributed by atoms with Gasteiger partial charge in [-0.1, -0.05) is 18.2 Å². The Balaban J connectivity index is 1.50. The van der Waals surface area contributed by atoms with Crippen molar-refractivity contribution in [1.82, 2.24) is 9.78 Å². The van der Waals surface area contributed by atoms with Crippen LogP contribution in [0.2, 0.25) is 0 Å². The first-order valence-corrected chi connectivity index (χ1v) is 11.4. The van der Waals surface area contributed by atoms with Gasteiger partial charge in [-0.3, -0.25) is 4.79 Å². The van der Waals surface area contributed by atoms with Gasteiger partial charge in [0, 0.05) is 35.9 Å². The van der Waals surface area contributed by atoms with Gasteiger partial charge in [0.15, 0.2) is 5.69 Å². The number of hydrogen-bond acceptors (Lipinski definition) is 7. The monoisotopic (exact) mass is 457 g/mol. The molecule has 2 aliphatic heterocycles. The Bertz CT molecular complexity index is 1250. The van der Waals surface area contributed by atoms with Crippen LogP contribution >= 0.6 is 0 Å². The smallest absolute Gasteiger partial charge is 0.209 e. The summed E-state index contributed by atoms with van der Waals surface area (Å²) in [6.07, 6.45) is 6.56. The van der Waals surface area contributed by atoms with Crippen molar-refractivity contribution >= 4 is 23.3 Å². The first-order valence-electron chi connectivity index (χ1n) is 11.4. The second kappa shape index (κ2) is 9.52. The van der Waals surface area contributed by atoms with Crippen molar-refractivity contribution in [1.29, 1.82) is 5.41 Å². The Morgan fingerprint density at radius 3 is 2.62 bits per heavy atom. The number of morpholine rings is 1. The van der Waals surface area contributed by atoms with E-state index in [1.54, 1.807) is 18.0 Å². The lowest BCUT2D eigenvalue weighted by atomic mass is 10.2. The molecule has 34 heavy (non-hydrogen) atoms. The lowest BCUT2D eigenvalue weighted by molar-refractivity contribution is 0.0906. The maximum atomic E-state index is 12.7. The molecule has 2 unspecified atom stereocenters. The lowest BCUT2D eigenvalue weighted by Crippen LogP contribution is -2.45. The average Bonchev–Trinajstić information content (AvgIpc) is 3.12. The van der Waals surface area contributed by atoms with E-state index >= 15 is 0 Å². The second-order valence-electron chi connectivity index (χ2n) is 8.40. The molecule has 2 N–H and O–H groups in total. The average molecular weight is 458 g/mol. The quantitative estimate of drug-likeness (QED) is 0.526. The van der Waals surface area contributed by atoms with Crippen LogP contribution in [0.15, 0.2) is 71.7 Å². The van der Waals surface area contributed by atoms with Crippen LogP contribution < -0.4 is 20.4 Å². The standard InChI is InChI=1S/C26H27N5O3/c1-33-25-15-19(31-20-7-8-21(31)17-34-16-20)9-10-23(25)30-14-12-24(32)26(29-30)22(11-13-27)28-18-5-3-2-4-6-18/h2-6,9-15,20-21,27-28H,7-8,16-17H2,1H3/b22-11-,27-13?. The number of aromatic nitrogens is 2. The Hall–Kier alpha value is -3.91. The van der Waals surface area contributed by atoms with E-state index in [9.17, 15) is 4.79 Å². The third-order valence-electron chi connectivity index (χ3n) is 6.31. The Morgan fingerprint density at radius 1 is 1.15 bits per heavy atom. The fourth-order valence-electron chi connectivity index (χ4n) is 4.73. The number of methoxy groups -OCH3 is 1. The topological polar surface area (TPSA) is 92.5 Å². The van der Waals surface area contributed by atoms with Gasteiger partial charge in [0.05, 0.1) is 38.1 Å². The summed E-state index contributed by atoms with van der Waals surface area (Å²) >= 11 is 0. The molecule has 8 nitrogen and oxygen atoms in total. The molecule has 1 aromatic heterocycles. The minimum Gasteiger partial charge on any atom is -0.494 e. The molecule has 2 saturated heterocycles. The number of fused-ring (bicyclic) bond motifs is 2. The summed E-state index contributed by atoms with van der Waals surface area (Å²) in [4.78, 5) is 15.2. The van der Waals surface area contributed by atoms with Crippen molar-refractivity contribution in [3.05, 3.63) is 82.8 Å². The molecular formula is C26H27N5O3. The van der Waals surface area contributed by atoms with E-state index in [1.807, 2.05) is 42.5 Å². The summed E-state index contributed by atoms with van der Waals surface area (Å²) in [6.45, 7) is 1.50. The predicted octanol–water partition coefficient (Wildman–Crippen LogP) is 3.71. The molecule has 2 aliphatic rings. The summed E-state index contributed by atoms with van der Waals surface area (Å²) in [5.74, 6) is 0.666. The molecule has 0 radical (unpaired) electrons. The maximum Gasteiger partial charge on any atom is 0.209 e. The van der Waals surface area contributed by atoms with Gasteiger partial charge < -0.3 is 25.1 Å². The van der Waals surface area contributed by atoms with E-state index in [0.29, 0.717) is 23.5 Å².